The number of hydrogen-bond donors (Lipinski definition) is 1. The van der Waals surface area contributed by atoms with Crippen molar-refractivity contribution in [3.63, 3.8) is 0 Å². The maximum absolute atomic E-state index is 3.58. The Labute approximate surface area is 126 Å². The zero-order valence-corrected chi connectivity index (χ0v) is 13.7. The van der Waals surface area contributed by atoms with Gasteiger partial charge in [-0.2, -0.15) is 0 Å². The van der Waals surface area contributed by atoms with E-state index >= 15 is 0 Å². The van der Waals surface area contributed by atoms with Gasteiger partial charge in [-0.3, -0.25) is 0 Å². The molecule has 2 aromatic heterocycles. The fourth-order valence-corrected chi connectivity index (χ4v) is 3.53. The largest absolute Gasteiger partial charge is 0.349 e. The molecule has 0 amide bonds. The minimum Gasteiger partial charge on any atom is -0.349 e. The number of nitrogens with zero attached hydrogens (tertiary/aromatic N) is 1. The lowest BCUT2D eigenvalue weighted by atomic mass is 10.1. The molecule has 0 aliphatic heterocycles. The number of rotatable bonds is 8. The van der Waals surface area contributed by atoms with Gasteiger partial charge in [-0.1, -0.05) is 27.2 Å². The number of hydrogen-bond acceptors (Lipinski definition) is 2. The van der Waals surface area contributed by atoms with Crippen molar-refractivity contribution >= 4 is 11.3 Å². The number of thiophene rings is 1. The highest BCUT2D eigenvalue weighted by atomic mass is 32.1. The van der Waals surface area contributed by atoms with E-state index in [9.17, 15) is 0 Å². The quantitative estimate of drug-likeness (QED) is 0.751. The Morgan fingerprint density at radius 3 is 2.60 bits per heavy atom. The topological polar surface area (TPSA) is 17.0 Å². The highest BCUT2D eigenvalue weighted by Crippen LogP contribution is 2.21. The van der Waals surface area contributed by atoms with Crippen LogP contribution in [0, 0.1) is 0 Å². The van der Waals surface area contributed by atoms with Crippen LogP contribution in [-0.2, 0) is 13.0 Å². The Bertz CT molecular complexity index is 507. The van der Waals surface area contributed by atoms with Crippen LogP contribution in [0.25, 0.3) is 0 Å². The van der Waals surface area contributed by atoms with Gasteiger partial charge in [-0.25, -0.2) is 0 Å². The van der Waals surface area contributed by atoms with Gasteiger partial charge in [0.2, 0.25) is 0 Å². The fourth-order valence-electron chi connectivity index (χ4n) is 2.56. The van der Waals surface area contributed by atoms with Gasteiger partial charge >= 0.3 is 0 Å². The van der Waals surface area contributed by atoms with Crippen molar-refractivity contribution in [1.82, 2.24) is 9.88 Å². The predicted molar refractivity (Wildman–Crippen MR) is 88.6 cm³/mol. The van der Waals surface area contributed by atoms with Crippen LogP contribution in [0.1, 0.15) is 55.0 Å². The minimum absolute atomic E-state index is 0.501. The summed E-state index contributed by atoms with van der Waals surface area (Å²) in [5, 5.41) is 3.58. The van der Waals surface area contributed by atoms with Gasteiger partial charge in [0, 0.05) is 28.2 Å². The van der Waals surface area contributed by atoms with E-state index in [2.05, 4.69) is 61.2 Å². The van der Waals surface area contributed by atoms with Crippen LogP contribution < -0.4 is 5.32 Å². The average molecular weight is 290 g/mol. The number of aryl methyl sites for hydroxylation is 1. The second-order valence-electron chi connectivity index (χ2n) is 5.24. The molecule has 2 rings (SSSR count). The summed E-state index contributed by atoms with van der Waals surface area (Å²) in [4.78, 5) is 2.92. The third-order valence-corrected chi connectivity index (χ3v) is 4.82. The molecule has 1 unspecified atom stereocenters. The van der Waals surface area contributed by atoms with E-state index in [1.54, 1.807) is 0 Å². The molecular weight excluding hydrogens is 264 g/mol. The van der Waals surface area contributed by atoms with Gasteiger partial charge < -0.3 is 9.88 Å². The van der Waals surface area contributed by atoms with Gasteiger partial charge in [0.15, 0.2) is 0 Å². The van der Waals surface area contributed by atoms with Crippen LogP contribution in [0.3, 0.4) is 0 Å². The molecule has 1 atom stereocenters. The lowest BCUT2D eigenvalue weighted by molar-refractivity contribution is 0.508. The van der Waals surface area contributed by atoms with E-state index in [1.165, 1.54) is 28.2 Å². The zero-order valence-electron chi connectivity index (χ0n) is 12.9. The van der Waals surface area contributed by atoms with E-state index < -0.39 is 0 Å². The van der Waals surface area contributed by atoms with Crippen LogP contribution in [0.5, 0.6) is 0 Å². The molecule has 0 aliphatic rings. The molecule has 2 aromatic rings. The number of nitrogens with one attached hydrogen (secondary N) is 1. The van der Waals surface area contributed by atoms with Gasteiger partial charge in [0.05, 0.1) is 6.54 Å². The van der Waals surface area contributed by atoms with Gasteiger partial charge in [-0.05, 0) is 43.1 Å². The molecule has 0 radical (unpaired) electrons. The Balaban J connectivity index is 2.03. The first kappa shape index (κ1) is 15.3. The van der Waals surface area contributed by atoms with Crippen LogP contribution in [0.15, 0.2) is 30.6 Å². The Hall–Kier alpha value is -1.06. The molecule has 0 saturated carbocycles. The Morgan fingerprint density at radius 1 is 1.15 bits per heavy atom. The van der Waals surface area contributed by atoms with E-state index in [0.29, 0.717) is 6.04 Å². The zero-order chi connectivity index (χ0) is 14.4. The van der Waals surface area contributed by atoms with E-state index in [4.69, 9.17) is 0 Å². The second kappa shape index (κ2) is 7.65. The third-order valence-electron chi connectivity index (χ3n) is 3.61. The molecule has 0 aromatic carbocycles. The Kier molecular flexibility index (Phi) is 5.86. The molecule has 110 valence electrons. The van der Waals surface area contributed by atoms with E-state index in [-0.39, 0.29) is 0 Å². The maximum atomic E-state index is 3.58. The molecule has 0 spiro atoms. The monoisotopic (exact) mass is 290 g/mol. The SMILES string of the molecule is CCCC(NCC)c1ccn(Cc2ccc(CC)s2)c1. The summed E-state index contributed by atoms with van der Waals surface area (Å²) in [6.45, 7) is 8.67. The van der Waals surface area contributed by atoms with Crippen molar-refractivity contribution in [3.05, 3.63) is 45.9 Å². The van der Waals surface area contributed by atoms with Gasteiger partial charge in [0.1, 0.15) is 0 Å². The highest BCUT2D eigenvalue weighted by molar-refractivity contribution is 7.11. The lowest BCUT2D eigenvalue weighted by Gasteiger charge is -2.15. The minimum atomic E-state index is 0.501. The highest BCUT2D eigenvalue weighted by Gasteiger charge is 2.10. The first-order valence-electron chi connectivity index (χ1n) is 7.73. The first-order chi connectivity index (χ1) is 9.76. The summed E-state index contributed by atoms with van der Waals surface area (Å²) >= 11 is 1.93. The normalized spacial score (nSPS) is 12.8. The third kappa shape index (κ3) is 3.97. The van der Waals surface area contributed by atoms with E-state index in [1.807, 2.05) is 11.3 Å². The summed E-state index contributed by atoms with van der Waals surface area (Å²) < 4.78 is 2.31. The molecule has 1 N–H and O–H groups in total. The molecule has 3 heteroatoms. The lowest BCUT2D eigenvalue weighted by Crippen LogP contribution is -2.20. The van der Waals surface area contributed by atoms with Crippen LogP contribution in [0.4, 0.5) is 0 Å². The summed E-state index contributed by atoms with van der Waals surface area (Å²) in [6, 6.07) is 7.28. The summed E-state index contributed by atoms with van der Waals surface area (Å²) in [5.74, 6) is 0. The van der Waals surface area contributed by atoms with Crippen LogP contribution in [0.2, 0.25) is 0 Å². The van der Waals surface area contributed by atoms with Crippen molar-refractivity contribution in [1.29, 1.82) is 0 Å². The van der Waals surface area contributed by atoms with Crippen molar-refractivity contribution in [3.8, 4) is 0 Å². The maximum Gasteiger partial charge on any atom is 0.0563 e. The molecule has 2 heterocycles. The van der Waals surface area contributed by atoms with Crippen LogP contribution >= 0.6 is 11.3 Å². The van der Waals surface area contributed by atoms with Crippen molar-refractivity contribution in [2.75, 3.05) is 6.54 Å². The van der Waals surface area contributed by atoms with E-state index in [0.717, 1.165) is 19.5 Å². The molecule has 0 fully saturated rings. The first-order valence-corrected chi connectivity index (χ1v) is 8.55. The standard InChI is InChI=1S/C17H26N2S/c1-4-7-17(18-6-3)14-10-11-19(12-14)13-16-9-8-15(5-2)20-16/h8-12,17-18H,4-7,13H2,1-3H3. The molecule has 2 nitrogen and oxygen atoms in total. The van der Waals surface area contributed by atoms with Gasteiger partial charge in [0.25, 0.3) is 0 Å². The average Bonchev–Trinajstić information content (AvgIpc) is 3.08. The predicted octanol–water partition coefficient (Wildman–Crippen LogP) is 4.61. The molecule has 0 bridgehead atoms. The second-order valence-corrected chi connectivity index (χ2v) is 6.49. The molecular formula is C17H26N2S. The summed E-state index contributed by atoms with van der Waals surface area (Å²) in [5.41, 5.74) is 1.42. The molecule has 20 heavy (non-hydrogen) atoms. The summed E-state index contributed by atoms with van der Waals surface area (Å²) in [6.07, 6.45) is 8.07. The van der Waals surface area contributed by atoms with Crippen LogP contribution in [-0.4, -0.2) is 11.1 Å². The van der Waals surface area contributed by atoms with Crippen molar-refractivity contribution in [2.45, 2.75) is 52.6 Å². The van der Waals surface area contributed by atoms with Crippen molar-refractivity contribution < 1.29 is 0 Å². The molecule has 0 saturated heterocycles. The van der Waals surface area contributed by atoms with Gasteiger partial charge in [-0.15, -0.1) is 11.3 Å². The molecule has 0 aliphatic carbocycles. The van der Waals surface area contributed by atoms with Crippen molar-refractivity contribution in [2.24, 2.45) is 0 Å². The smallest absolute Gasteiger partial charge is 0.0563 e. The summed E-state index contributed by atoms with van der Waals surface area (Å²) in [7, 11) is 0. The fraction of sp³-hybridized carbons (Fsp3) is 0.529. The Morgan fingerprint density at radius 2 is 1.95 bits per heavy atom. The number of aromatic nitrogens is 1.